The Kier molecular flexibility index (Phi) is 9.15. The summed E-state index contributed by atoms with van der Waals surface area (Å²) < 4.78 is 10.7. The summed E-state index contributed by atoms with van der Waals surface area (Å²) in [6.45, 7) is 3.87. The Hall–Kier alpha value is -1.93. The zero-order chi connectivity index (χ0) is 18.8. The summed E-state index contributed by atoms with van der Waals surface area (Å²) in [5, 5.41) is 5.19. The van der Waals surface area contributed by atoms with Gasteiger partial charge in [-0.15, -0.1) is 0 Å². The van der Waals surface area contributed by atoms with Crippen molar-refractivity contribution in [2.24, 2.45) is 5.92 Å². The topological polar surface area (TPSA) is 93.7 Å². The molecule has 0 unspecified atom stereocenters. The minimum absolute atomic E-state index is 0.191. The standard InChI is InChI=1S/C17H23BrN2O5/c1-11(2)15(17(23)25-10-14(21)19-8-9-24-3)20-16(22)12-4-6-13(18)7-5-12/h4-7,11,15H,8-10H2,1-3H3,(H,19,21)(H,20,22)/t15-/m0/s1. The van der Waals surface area contributed by atoms with Crippen LogP contribution >= 0.6 is 15.9 Å². The molecule has 0 aliphatic heterocycles. The van der Waals surface area contributed by atoms with E-state index in [1.807, 2.05) is 0 Å². The normalized spacial score (nSPS) is 11.7. The Labute approximate surface area is 155 Å². The van der Waals surface area contributed by atoms with Gasteiger partial charge in [-0.3, -0.25) is 9.59 Å². The van der Waals surface area contributed by atoms with E-state index in [0.29, 0.717) is 18.7 Å². The van der Waals surface area contributed by atoms with Crippen molar-refractivity contribution in [2.45, 2.75) is 19.9 Å². The first-order valence-electron chi connectivity index (χ1n) is 7.83. The summed E-state index contributed by atoms with van der Waals surface area (Å²) in [6.07, 6.45) is 0. The molecule has 0 radical (unpaired) electrons. The van der Waals surface area contributed by atoms with E-state index < -0.39 is 24.5 Å². The highest BCUT2D eigenvalue weighted by Crippen LogP contribution is 2.12. The zero-order valence-corrected chi connectivity index (χ0v) is 16.1. The number of carbonyl (C=O) groups is 3. The Balaban J connectivity index is 2.57. The van der Waals surface area contributed by atoms with Crippen molar-refractivity contribution in [3.8, 4) is 0 Å². The fraction of sp³-hybridized carbons (Fsp3) is 0.471. The maximum absolute atomic E-state index is 12.3. The van der Waals surface area contributed by atoms with Gasteiger partial charge in [0.25, 0.3) is 11.8 Å². The number of halogens is 1. The molecule has 0 aliphatic rings. The first-order valence-corrected chi connectivity index (χ1v) is 8.63. The van der Waals surface area contributed by atoms with Crippen molar-refractivity contribution in [3.05, 3.63) is 34.3 Å². The predicted octanol–water partition coefficient (Wildman–Crippen LogP) is 1.51. The molecule has 8 heteroatoms. The highest BCUT2D eigenvalue weighted by molar-refractivity contribution is 9.10. The van der Waals surface area contributed by atoms with Crippen LogP contribution in [0.3, 0.4) is 0 Å². The predicted molar refractivity (Wildman–Crippen MR) is 96.1 cm³/mol. The summed E-state index contributed by atoms with van der Waals surface area (Å²) in [4.78, 5) is 36.0. The van der Waals surface area contributed by atoms with Gasteiger partial charge in [0.15, 0.2) is 6.61 Å². The molecule has 7 nitrogen and oxygen atoms in total. The third-order valence-electron chi connectivity index (χ3n) is 3.29. The number of ether oxygens (including phenoxy) is 2. The Morgan fingerprint density at radius 3 is 2.36 bits per heavy atom. The molecule has 1 rings (SSSR count). The smallest absolute Gasteiger partial charge is 0.329 e. The second kappa shape index (κ2) is 10.8. The molecule has 0 heterocycles. The summed E-state index contributed by atoms with van der Waals surface area (Å²) >= 11 is 3.30. The molecule has 0 saturated heterocycles. The zero-order valence-electron chi connectivity index (χ0n) is 14.5. The van der Waals surface area contributed by atoms with Crippen molar-refractivity contribution in [1.82, 2.24) is 10.6 Å². The van der Waals surface area contributed by atoms with E-state index in [9.17, 15) is 14.4 Å². The SMILES string of the molecule is COCCNC(=O)COC(=O)[C@@H](NC(=O)c1ccc(Br)cc1)C(C)C. The maximum Gasteiger partial charge on any atom is 0.329 e. The van der Waals surface area contributed by atoms with Crippen LogP contribution in [0.5, 0.6) is 0 Å². The van der Waals surface area contributed by atoms with Gasteiger partial charge >= 0.3 is 5.97 Å². The molecule has 0 aliphatic carbocycles. The van der Waals surface area contributed by atoms with Gasteiger partial charge in [-0.25, -0.2) is 4.79 Å². The number of hydrogen-bond donors (Lipinski definition) is 2. The van der Waals surface area contributed by atoms with Gasteiger partial charge in [-0.05, 0) is 30.2 Å². The van der Waals surface area contributed by atoms with Crippen LogP contribution in [0, 0.1) is 5.92 Å². The van der Waals surface area contributed by atoms with Crippen molar-refractivity contribution >= 4 is 33.7 Å². The highest BCUT2D eigenvalue weighted by Gasteiger charge is 2.26. The molecule has 138 valence electrons. The Morgan fingerprint density at radius 2 is 1.80 bits per heavy atom. The van der Waals surface area contributed by atoms with Crippen LogP contribution in [0.4, 0.5) is 0 Å². The minimum atomic E-state index is -0.845. The molecule has 2 N–H and O–H groups in total. The number of carbonyl (C=O) groups excluding carboxylic acids is 3. The van der Waals surface area contributed by atoms with Gasteiger partial charge in [0.2, 0.25) is 0 Å². The lowest BCUT2D eigenvalue weighted by molar-refractivity contribution is -0.151. The first-order chi connectivity index (χ1) is 11.8. The van der Waals surface area contributed by atoms with Crippen molar-refractivity contribution in [3.63, 3.8) is 0 Å². The molecular weight excluding hydrogens is 392 g/mol. The average molecular weight is 415 g/mol. The molecule has 1 aromatic rings. The highest BCUT2D eigenvalue weighted by atomic mass is 79.9. The molecule has 0 spiro atoms. The van der Waals surface area contributed by atoms with Crippen LogP contribution in [0.1, 0.15) is 24.2 Å². The van der Waals surface area contributed by atoms with Crippen LogP contribution in [0.15, 0.2) is 28.7 Å². The second-order valence-corrected chi connectivity index (χ2v) is 6.57. The van der Waals surface area contributed by atoms with E-state index in [4.69, 9.17) is 9.47 Å². The van der Waals surface area contributed by atoms with E-state index in [1.165, 1.54) is 7.11 Å². The molecule has 25 heavy (non-hydrogen) atoms. The number of amides is 2. The van der Waals surface area contributed by atoms with Crippen LogP contribution in [-0.4, -0.2) is 50.7 Å². The number of methoxy groups -OCH3 is 1. The van der Waals surface area contributed by atoms with E-state index in [-0.39, 0.29) is 11.8 Å². The van der Waals surface area contributed by atoms with Gasteiger partial charge < -0.3 is 20.1 Å². The van der Waals surface area contributed by atoms with E-state index in [2.05, 4.69) is 26.6 Å². The fourth-order valence-corrected chi connectivity index (χ4v) is 2.16. The van der Waals surface area contributed by atoms with E-state index in [1.54, 1.807) is 38.1 Å². The van der Waals surface area contributed by atoms with Crippen LogP contribution in [-0.2, 0) is 19.1 Å². The number of esters is 1. The van der Waals surface area contributed by atoms with Gasteiger partial charge in [0, 0.05) is 23.7 Å². The van der Waals surface area contributed by atoms with E-state index in [0.717, 1.165) is 4.47 Å². The Morgan fingerprint density at radius 1 is 1.16 bits per heavy atom. The van der Waals surface area contributed by atoms with Crippen LogP contribution in [0.25, 0.3) is 0 Å². The fourth-order valence-electron chi connectivity index (χ4n) is 1.89. The number of rotatable bonds is 9. The van der Waals surface area contributed by atoms with Gasteiger partial charge in [0.1, 0.15) is 6.04 Å². The second-order valence-electron chi connectivity index (χ2n) is 5.65. The lowest BCUT2D eigenvalue weighted by atomic mass is 10.0. The average Bonchev–Trinajstić information content (AvgIpc) is 2.58. The molecule has 1 aromatic carbocycles. The van der Waals surface area contributed by atoms with Gasteiger partial charge in [-0.2, -0.15) is 0 Å². The monoisotopic (exact) mass is 414 g/mol. The summed E-state index contributed by atoms with van der Waals surface area (Å²) in [5.41, 5.74) is 0.430. The molecule has 2 amide bonds. The lowest BCUT2D eigenvalue weighted by Gasteiger charge is -2.20. The third kappa shape index (κ3) is 7.66. The number of hydrogen-bond acceptors (Lipinski definition) is 5. The maximum atomic E-state index is 12.3. The quantitative estimate of drug-likeness (QED) is 0.471. The van der Waals surface area contributed by atoms with Crippen molar-refractivity contribution < 1.29 is 23.9 Å². The number of benzene rings is 1. The molecule has 0 bridgehead atoms. The third-order valence-corrected chi connectivity index (χ3v) is 3.82. The molecule has 1 atom stereocenters. The van der Waals surface area contributed by atoms with Crippen molar-refractivity contribution in [2.75, 3.05) is 26.9 Å². The lowest BCUT2D eigenvalue weighted by Crippen LogP contribution is -2.46. The Bertz CT molecular complexity index is 589. The summed E-state index contributed by atoms with van der Waals surface area (Å²) in [5.74, 6) is -1.65. The van der Waals surface area contributed by atoms with Gasteiger partial charge in [-0.1, -0.05) is 29.8 Å². The van der Waals surface area contributed by atoms with E-state index >= 15 is 0 Å². The molecule has 0 fully saturated rings. The van der Waals surface area contributed by atoms with Crippen LogP contribution < -0.4 is 10.6 Å². The van der Waals surface area contributed by atoms with Crippen LogP contribution in [0.2, 0.25) is 0 Å². The van der Waals surface area contributed by atoms with Gasteiger partial charge in [0.05, 0.1) is 6.61 Å². The minimum Gasteiger partial charge on any atom is -0.454 e. The summed E-state index contributed by atoms with van der Waals surface area (Å²) in [7, 11) is 1.52. The van der Waals surface area contributed by atoms with Crippen molar-refractivity contribution in [1.29, 1.82) is 0 Å². The largest absolute Gasteiger partial charge is 0.454 e. The molecule has 0 saturated carbocycles. The molecular formula is C17H23BrN2O5. The first kappa shape index (κ1) is 21.1. The molecule has 0 aromatic heterocycles. The number of nitrogens with one attached hydrogen (secondary N) is 2. The summed E-state index contributed by atoms with van der Waals surface area (Å²) in [6, 6.07) is 5.92.